The summed E-state index contributed by atoms with van der Waals surface area (Å²) in [6.45, 7) is 2.26. The molecule has 0 atom stereocenters. The number of rotatable bonds is 6. The third-order valence-electron chi connectivity index (χ3n) is 6.70. The second-order valence-electron chi connectivity index (χ2n) is 9.19. The van der Waals surface area contributed by atoms with Crippen molar-refractivity contribution in [1.82, 2.24) is 4.90 Å². The summed E-state index contributed by atoms with van der Waals surface area (Å²) >= 11 is 6.26. The standard InChI is InChI=1S/C28H26ClF3N2O/c1-34-11-9-27(10-12-34,24-3-2-4-26(29)16-24)19-35-18-21-13-23(15-25(14-21)28(30,31)32)22-7-5-20(17-33)6-8-22/h2-8,13-16H,9-12,18-19H2,1H3. The van der Waals surface area contributed by atoms with Crippen LogP contribution >= 0.6 is 11.6 Å². The van der Waals surface area contributed by atoms with Gasteiger partial charge in [0.25, 0.3) is 0 Å². The van der Waals surface area contributed by atoms with Crippen molar-refractivity contribution in [3.63, 3.8) is 0 Å². The summed E-state index contributed by atoms with van der Waals surface area (Å²) in [5.74, 6) is 0. The molecule has 7 heteroatoms. The summed E-state index contributed by atoms with van der Waals surface area (Å²) < 4.78 is 47.1. The highest BCUT2D eigenvalue weighted by atomic mass is 35.5. The lowest BCUT2D eigenvalue weighted by molar-refractivity contribution is -0.137. The molecule has 0 radical (unpaired) electrons. The number of hydrogen-bond donors (Lipinski definition) is 0. The number of benzene rings is 3. The molecule has 0 amide bonds. The number of nitriles is 1. The van der Waals surface area contributed by atoms with Gasteiger partial charge in [0.1, 0.15) is 0 Å². The maximum atomic E-state index is 13.7. The van der Waals surface area contributed by atoms with Crippen LogP contribution in [-0.2, 0) is 22.9 Å². The molecule has 1 aliphatic heterocycles. The predicted molar refractivity (Wildman–Crippen MR) is 131 cm³/mol. The molecule has 182 valence electrons. The number of nitrogens with zero attached hydrogens (tertiary/aromatic N) is 2. The molecular formula is C28H26ClF3N2O. The first-order valence-corrected chi connectivity index (χ1v) is 11.8. The van der Waals surface area contributed by atoms with Gasteiger partial charge in [0.2, 0.25) is 0 Å². The van der Waals surface area contributed by atoms with Crippen molar-refractivity contribution in [2.75, 3.05) is 26.7 Å². The van der Waals surface area contributed by atoms with Crippen LogP contribution in [-0.4, -0.2) is 31.6 Å². The van der Waals surface area contributed by atoms with Crippen LogP contribution in [0.5, 0.6) is 0 Å². The van der Waals surface area contributed by atoms with E-state index in [1.807, 2.05) is 30.3 Å². The second kappa shape index (κ2) is 10.4. The Hall–Kier alpha value is -2.85. The first-order valence-electron chi connectivity index (χ1n) is 11.4. The highest BCUT2D eigenvalue weighted by Crippen LogP contribution is 2.38. The van der Waals surface area contributed by atoms with Crippen molar-refractivity contribution >= 4 is 11.6 Å². The second-order valence-corrected chi connectivity index (χ2v) is 9.63. The largest absolute Gasteiger partial charge is 0.416 e. The fourth-order valence-corrected chi connectivity index (χ4v) is 4.78. The van der Waals surface area contributed by atoms with Crippen LogP contribution in [0.2, 0.25) is 5.02 Å². The lowest BCUT2D eigenvalue weighted by atomic mass is 9.73. The summed E-state index contributed by atoms with van der Waals surface area (Å²) in [6.07, 6.45) is -2.72. The number of ether oxygens (including phenoxy) is 1. The van der Waals surface area contributed by atoms with Gasteiger partial charge in [-0.1, -0.05) is 35.9 Å². The zero-order valence-electron chi connectivity index (χ0n) is 19.4. The Morgan fingerprint density at radius 1 is 1.00 bits per heavy atom. The molecular weight excluding hydrogens is 473 g/mol. The van der Waals surface area contributed by atoms with Crippen molar-refractivity contribution in [3.8, 4) is 17.2 Å². The van der Waals surface area contributed by atoms with E-state index in [4.69, 9.17) is 21.6 Å². The van der Waals surface area contributed by atoms with Gasteiger partial charge >= 0.3 is 6.18 Å². The molecule has 0 aliphatic carbocycles. The summed E-state index contributed by atoms with van der Waals surface area (Å²) in [7, 11) is 2.08. The molecule has 3 nitrogen and oxygen atoms in total. The Balaban J connectivity index is 1.58. The van der Waals surface area contributed by atoms with E-state index >= 15 is 0 Å². The van der Waals surface area contributed by atoms with Gasteiger partial charge in [-0.25, -0.2) is 0 Å². The normalized spacial score (nSPS) is 16.1. The highest BCUT2D eigenvalue weighted by Gasteiger charge is 2.36. The first kappa shape index (κ1) is 25.2. The molecule has 0 aromatic heterocycles. The van der Waals surface area contributed by atoms with E-state index < -0.39 is 11.7 Å². The molecule has 3 aromatic rings. The number of likely N-dealkylation sites (tertiary alicyclic amines) is 1. The highest BCUT2D eigenvalue weighted by molar-refractivity contribution is 6.30. The van der Waals surface area contributed by atoms with Crippen molar-refractivity contribution in [2.24, 2.45) is 0 Å². The van der Waals surface area contributed by atoms with Crippen molar-refractivity contribution in [1.29, 1.82) is 5.26 Å². The molecule has 0 unspecified atom stereocenters. The Kier molecular flexibility index (Phi) is 7.51. The van der Waals surface area contributed by atoms with Gasteiger partial charge in [-0.05, 0) is 97.7 Å². The average molecular weight is 499 g/mol. The lowest BCUT2D eigenvalue weighted by Gasteiger charge is -2.41. The molecule has 1 saturated heterocycles. The zero-order chi connectivity index (χ0) is 25.1. The first-order chi connectivity index (χ1) is 16.7. The Morgan fingerprint density at radius 3 is 2.34 bits per heavy atom. The monoisotopic (exact) mass is 498 g/mol. The van der Waals surface area contributed by atoms with Crippen LogP contribution in [0.4, 0.5) is 13.2 Å². The van der Waals surface area contributed by atoms with Crippen LogP contribution in [0.15, 0.2) is 66.7 Å². The number of alkyl halides is 3. The van der Waals surface area contributed by atoms with Crippen LogP contribution in [0.1, 0.15) is 35.1 Å². The van der Waals surface area contributed by atoms with Gasteiger partial charge in [-0.15, -0.1) is 0 Å². The summed E-state index contributed by atoms with van der Waals surface area (Å²) in [5.41, 5.74) is 2.09. The lowest BCUT2D eigenvalue weighted by Crippen LogP contribution is -2.43. The zero-order valence-corrected chi connectivity index (χ0v) is 20.2. The molecule has 1 aliphatic rings. The van der Waals surface area contributed by atoms with E-state index in [-0.39, 0.29) is 12.0 Å². The summed E-state index contributed by atoms with van der Waals surface area (Å²) in [4.78, 5) is 2.26. The van der Waals surface area contributed by atoms with E-state index in [0.717, 1.165) is 43.6 Å². The Labute approximate surface area is 208 Å². The minimum Gasteiger partial charge on any atom is -0.376 e. The topological polar surface area (TPSA) is 36.3 Å². The third kappa shape index (κ3) is 6.05. The van der Waals surface area contributed by atoms with Crippen molar-refractivity contribution < 1.29 is 17.9 Å². The van der Waals surface area contributed by atoms with Gasteiger partial charge in [-0.3, -0.25) is 0 Å². The number of piperidine rings is 1. The van der Waals surface area contributed by atoms with Gasteiger partial charge in [-0.2, -0.15) is 18.4 Å². The molecule has 0 saturated carbocycles. The molecule has 1 fully saturated rings. The fourth-order valence-electron chi connectivity index (χ4n) is 4.59. The van der Waals surface area contributed by atoms with Gasteiger partial charge in [0.05, 0.1) is 30.4 Å². The number of hydrogen-bond acceptors (Lipinski definition) is 3. The van der Waals surface area contributed by atoms with E-state index in [0.29, 0.717) is 33.9 Å². The predicted octanol–water partition coefficient (Wildman–Crippen LogP) is 7.08. The number of halogens is 4. The van der Waals surface area contributed by atoms with Crippen LogP contribution in [0.25, 0.3) is 11.1 Å². The van der Waals surface area contributed by atoms with Gasteiger partial charge in [0.15, 0.2) is 0 Å². The smallest absolute Gasteiger partial charge is 0.376 e. The van der Waals surface area contributed by atoms with E-state index in [1.165, 1.54) is 0 Å². The summed E-state index contributed by atoms with van der Waals surface area (Å²) in [5, 5.41) is 9.66. The van der Waals surface area contributed by atoms with E-state index in [9.17, 15) is 13.2 Å². The third-order valence-corrected chi connectivity index (χ3v) is 6.93. The molecule has 0 bridgehead atoms. The van der Waals surface area contributed by atoms with Crippen LogP contribution in [0.3, 0.4) is 0 Å². The maximum Gasteiger partial charge on any atom is 0.416 e. The molecule has 1 heterocycles. The van der Waals surface area contributed by atoms with Gasteiger partial charge < -0.3 is 9.64 Å². The average Bonchev–Trinajstić information content (AvgIpc) is 2.85. The Morgan fingerprint density at radius 2 is 1.71 bits per heavy atom. The molecule has 0 spiro atoms. The maximum absolute atomic E-state index is 13.7. The van der Waals surface area contributed by atoms with E-state index in [2.05, 4.69) is 11.9 Å². The Bertz CT molecular complexity index is 1210. The quantitative estimate of drug-likeness (QED) is 0.364. The SMILES string of the molecule is CN1CCC(COCc2cc(-c3ccc(C#N)cc3)cc(C(F)(F)F)c2)(c2cccc(Cl)c2)CC1. The van der Waals surface area contributed by atoms with Crippen molar-refractivity contribution in [3.05, 3.63) is 94.0 Å². The van der Waals surface area contributed by atoms with Crippen LogP contribution < -0.4 is 0 Å². The van der Waals surface area contributed by atoms with Crippen LogP contribution in [0, 0.1) is 11.3 Å². The van der Waals surface area contributed by atoms with Crippen molar-refractivity contribution in [2.45, 2.75) is 31.0 Å². The molecule has 0 N–H and O–H groups in total. The molecule has 35 heavy (non-hydrogen) atoms. The summed E-state index contributed by atoms with van der Waals surface area (Å²) in [6, 6.07) is 20.3. The molecule has 4 rings (SSSR count). The minimum absolute atomic E-state index is 0.0609. The van der Waals surface area contributed by atoms with Gasteiger partial charge in [0, 0.05) is 10.4 Å². The fraction of sp³-hybridized carbons (Fsp3) is 0.321. The minimum atomic E-state index is -4.48. The van der Waals surface area contributed by atoms with E-state index in [1.54, 1.807) is 30.3 Å². The molecule has 3 aromatic carbocycles.